The van der Waals surface area contributed by atoms with Crippen LogP contribution in [0.3, 0.4) is 0 Å². The van der Waals surface area contributed by atoms with Crippen LogP contribution in [0.5, 0.6) is 11.5 Å². The van der Waals surface area contributed by atoms with Crippen molar-refractivity contribution in [1.82, 2.24) is 0 Å². The maximum absolute atomic E-state index is 13.8. The Hall–Kier alpha value is -3.58. The molecule has 0 saturated heterocycles. The fraction of sp³-hybridized carbons (Fsp3) is 0.174. The second-order valence-electron chi connectivity index (χ2n) is 6.87. The quantitative estimate of drug-likeness (QED) is 0.446. The number of carbonyl (C=O) groups is 1. The molecule has 1 aliphatic rings. The summed E-state index contributed by atoms with van der Waals surface area (Å²) in [7, 11) is 0. The van der Waals surface area contributed by atoms with Crippen LogP contribution in [0.1, 0.15) is 11.1 Å². The Morgan fingerprint density at radius 3 is 2.83 bits per heavy atom. The molecule has 30 heavy (non-hydrogen) atoms. The molecule has 4 aromatic rings. The van der Waals surface area contributed by atoms with E-state index in [0.717, 1.165) is 21.9 Å². The lowest BCUT2D eigenvalue weighted by molar-refractivity contribution is -0.147. The summed E-state index contributed by atoms with van der Waals surface area (Å²) < 4.78 is 40.9. The zero-order chi connectivity index (χ0) is 20.5. The average Bonchev–Trinajstić information content (AvgIpc) is 3.14. The molecule has 2 heterocycles. The minimum atomic E-state index is -0.572. The molecule has 0 spiro atoms. The lowest BCUT2D eigenvalue weighted by atomic mass is 10.1. The molecular formula is C23H17FO6. The first-order valence-electron chi connectivity index (χ1n) is 9.39. The number of esters is 1. The molecule has 1 aliphatic heterocycles. The molecule has 0 amide bonds. The Balaban J connectivity index is 1.25. The zero-order valence-corrected chi connectivity index (χ0v) is 15.9. The Bertz CT molecular complexity index is 1250. The van der Waals surface area contributed by atoms with E-state index in [1.165, 1.54) is 12.1 Å². The van der Waals surface area contributed by atoms with Gasteiger partial charge in [0.1, 0.15) is 35.1 Å². The molecule has 0 fully saturated rings. The first-order valence-corrected chi connectivity index (χ1v) is 9.39. The van der Waals surface area contributed by atoms with Gasteiger partial charge in [-0.1, -0.05) is 18.2 Å². The summed E-state index contributed by atoms with van der Waals surface area (Å²) in [6.45, 7) is -0.0629. The van der Waals surface area contributed by atoms with Gasteiger partial charge in [-0.15, -0.1) is 0 Å². The predicted molar refractivity (Wildman–Crippen MR) is 106 cm³/mol. The van der Waals surface area contributed by atoms with Crippen molar-refractivity contribution >= 4 is 27.9 Å². The van der Waals surface area contributed by atoms with Gasteiger partial charge in [-0.05, 0) is 36.4 Å². The number of hydrogen-bond donors (Lipinski definition) is 0. The topological polar surface area (TPSA) is 67.1 Å². The summed E-state index contributed by atoms with van der Waals surface area (Å²) in [6.07, 6.45) is 0. The maximum Gasteiger partial charge on any atom is 0.344 e. The lowest BCUT2D eigenvalue weighted by Crippen LogP contribution is -2.17. The van der Waals surface area contributed by atoms with Gasteiger partial charge in [0.05, 0.1) is 6.61 Å². The second kappa shape index (κ2) is 7.68. The summed E-state index contributed by atoms with van der Waals surface area (Å²) in [5.74, 6) is 0.00582. The zero-order valence-electron chi connectivity index (χ0n) is 15.9. The highest BCUT2D eigenvalue weighted by Gasteiger charge is 2.18. The normalized spacial score (nSPS) is 13.1. The van der Waals surface area contributed by atoms with E-state index < -0.39 is 11.8 Å². The van der Waals surface area contributed by atoms with E-state index in [9.17, 15) is 9.18 Å². The van der Waals surface area contributed by atoms with Gasteiger partial charge in [-0.2, -0.15) is 0 Å². The van der Waals surface area contributed by atoms with Crippen molar-refractivity contribution in [3.63, 3.8) is 0 Å². The summed E-state index contributed by atoms with van der Waals surface area (Å²) in [5.41, 5.74) is 2.57. The van der Waals surface area contributed by atoms with Crippen LogP contribution in [0.4, 0.5) is 4.39 Å². The SMILES string of the molecule is O=C(COc1ccc2oc3ccccc3c2c1)OCc1cc(F)cc2c1OCOC2. The number of halogens is 1. The van der Waals surface area contributed by atoms with Crippen molar-refractivity contribution in [2.75, 3.05) is 13.4 Å². The first-order chi connectivity index (χ1) is 14.7. The van der Waals surface area contributed by atoms with Crippen molar-refractivity contribution in [3.8, 4) is 11.5 Å². The van der Waals surface area contributed by atoms with E-state index in [-0.39, 0.29) is 26.6 Å². The molecule has 0 aliphatic carbocycles. The summed E-state index contributed by atoms with van der Waals surface area (Å²) in [4.78, 5) is 12.1. The van der Waals surface area contributed by atoms with Crippen LogP contribution >= 0.6 is 0 Å². The number of benzene rings is 3. The number of carbonyl (C=O) groups excluding carboxylic acids is 1. The van der Waals surface area contributed by atoms with Gasteiger partial charge in [-0.25, -0.2) is 9.18 Å². The summed E-state index contributed by atoms with van der Waals surface area (Å²) >= 11 is 0. The molecular weight excluding hydrogens is 391 g/mol. The molecule has 0 bridgehead atoms. The van der Waals surface area contributed by atoms with Gasteiger partial charge >= 0.3 is 5.97 Å². The van der Waals surface area contributed by atoms with E-state index in [1.807, 2.05) is 30.3 Å². The average molecular weight is 408 g/mol. The highest BCUT2D eigenvalue weighted by Crippen LogP contribution is 2.32. The molecule has 0 radical (unpaired) electrons. The van der Waals surface area contributed by atoms with Crippen LogP contribution in [0.2, 0.25) is 0 Å². The van der Waals surface area contributed by atoms with Crippen LogP contribution < -0.4 is 9.47 Å². The number of hydrogen-bond acceptors (Lipinski definition) is 6. The van der Waals surface area contributed by atoms with Crippen molar-refractivity contribution in [2.45, 2.75) is 13.2 Å². The third-order valence-electron chi connectivity index (χ3n) is 4.85. The smallest absolute Gasteiger partial charge is 0.344 e. The van der Waals surface area contributed by atoms with Gasteiger partial charge in [0.25, 0.3) is 0 Å². The monoisotopic (exact) mass is 408 g/mol. The van der Waals surface area contributed by atoms with Gasteiger partial charge in [-0.3, -0.25) is 0 Å². The molecule has 6 nitrogen and oxygen atoms in total. The van der Waals surface area contributed by atoms with Crippen LogP contribution in [0.25, 0.3) is 21.9 Å². The number of furan rings is 1. The fourth-order valence-electron chi connectivity index (χ4n) is 3.50. The van der Waals surface area contributed by atoms with Crippen LogP contribution in [0.15, 0.2) is 59.0 Å². The third-order valence-corrected chi connectivity index (χ3v) is 4.85. The highest BCUT2D eigenvalue weighted by molar-refractivity contribution is 6.05. The van der Waals surface area contributed by atoms with E-state index in [1.54, 1.807) is 12.1 Å². The molecule has 0 saturated carbocycles. The Kier molecular flexibility index (Phi) is 4.72. The van der Waals surface area contributed by atoms with Crippen molar-refractivity contribution in [3.05, 3.63) is 71.5 Å². The van der Waals surface area contributed by atoms with E-state index in [4.69, 9.17) is 23.4 Å². The Morgan fingerprint density at radius 2 is 1.90 bits per heavy atom. The number of para-hydroxylation sites is 1. The Morgan fingerprint density at radius 1 is 1.03 bits per heavy atom. The number of ether oxygens (including phenoxy) is 4. The third kappa shape index (κ3) is 3.55. The lowest BCUT2D eigenvalue weighted by Gasteiger charge is -2.20. The Labute approximate surface area is 170 Å². The van der Waals surface area contributed by atoms with Gasteiger partial charge in [0.2, 0.25) is 0 Å². The highest BCUT2D eigenvalue weighted by atomic mass is 19.1. The largest absolute Gasteiger partial charge is 0.482 e. The first kappa shape index (κ1) is 18.4. The molecule has 152 valence electrons. The van der Waals surface area contributed by atoms with E-state index in [0.29, 0.717) is 22.6 Å². The molecule has 1 aromatic heterocycles. The number of rotatable bonds is 5. The molecule has 0 atom stereocenters. The van der Waals surface area contributed by atoms with Gasteiger partial charge in [0.15, 0.2) is 13.4 Å². The van der Waals surface area contributed by atoms with Crippen LogP contribution in [-0.4, -0.2) is 19.4 Å². The number of fused-ring (bicyclic) bond motifs is 4. The van der Waals surface area contributed by atoms with E-state index in [2.05, 4.69) is 0 Å². The summed E-state index contributed by atoms with van der Waals surface area (Å²) in [6, 6.07) is 15.7. The standard InChI is InChI=1S/C23H17FO6/c24-16-7-14-10-26-13-29-23(14)15(8-16)11-28-22(25)12-27-17-5-6-21-19(9-17)18-3-1-2-4-20(18)30-21/h1-9H,10-13H2. The van der Waals surface area contributed by atoms with Crippen molar-refractivity contribution in [2.24, 2.45) is 0 Å². The molecule has 0 unspecified atom stereocenters. The molecule has 5 rings (SSSR count). The van der Waals surface area contributed by atoms with Gasteiger partial charge < -0.3 is 23.4 Å². The van der Waals surface area contributed by atoms with Crippen molar-refractivity contribution < 1.29 is 32.5 Å². The maximum atomic E-state index is 13.8. The molecule has 7 heteroatoms. The molecule has 0 N–H and O–H groups in total. The fourth-order valence-corrected chi connectivity index (χ4v) is 3.50. The van der Waals surface area contributed by atoms with E-state index >= 15 is 0 Å². The minimum absolute atomic E-state index is 0.0772. The second-order valence-corrected chi connectivity index (χ2v) is 6.87. The minimum Gasteiger partial charge on any atom is -0.482 e. The van der Waals surface area contributed by atoms with Crippen LogP contribution in [-0.2, 0) is 27.5 Å². The summed E-state index contributed by atoms with van der Waals surface area (Å²) in [5, 5.41) is 1.88. The molecule has 3 aromatic carbocycles. The van der Waals surface area contributed by atoms with Crippen LogP contribution in [0, 0.1) is 5.82 Å². The van der Waals surface area contributed by atoms with Crippen molar-refractivity contribution in [1.29, 1.82) is 0 Å². The predicted octanol–water partition coefficient (Wildman–Crippen LogP) is 4.71. The van der Waals surface area contributed by atoms with Gasteiger partial charge in [0, 0.05) is 21.9 Å².